The van der Waals surface area contributed by atoms with E-state index in [2.05, 4.69) is 15.4 Å². The topological polar surface area (TPSA) is 119 Å². The van der Waals surface area contributed by atoms with E-state index in [1.54, 1.807) is 31.3 Å². The van der Waals surface area contributed by atoms with Crippen molar-refractivity contribution in [2.75, 3.05) is 37.1 Å². The number of para-hydroxylation sites is 2. The zero-order chi connectivity index (χ0) is 24.3. The Morgan fingerprint density at radius 2 is 1.76 bits per heavy atom. The molecule has 0 spiro atoms. The molecular weight excluding hydrogens is 456 g/mol. The fourth-order valence-electron chi connectivity index (χ4n) is 3.56. The van der Waals surface area contributed by atoms with Crippen LogP contribution in [0.5, 0.6) is 11.5 Å². The molecule has 0 aliphatic heterocycles. The van der Waals surface area contributed by atoms with Gasteiger partial charge in [0.1, 0.15) is 17.0 Å². The number of pyridine rings is 1. The van der Waals surface area contributed by atoms with E-state index in [0.29, 0.717) is 28.4 Å². The maximum atomic E-state index is 11.7. The lowest BCUT2D eigenvalue weighted by molar-refractivity contribution is -0.122. The predicted octanol–water partition coefficient (Wildman–Crippen LogP) is 3.64. The maximum absolute atomic E-state index is 11.7. The molecule has 3 aromatic carbocycles. The zero-order valence-corrected chi connectivity index (χ0v) is 19.7. The quantitative estimate of drug-likeness (QED) is 0.330. The summed E-state index contributed by atoms with van der Waals surface area (Å²) in [7, 11) is -0.366. The van der Waals surface area contributed by atoms with Gasteiger partial charge >= 0.3 is 0 Å². The second-order valence-corrected chi connectivity index (χ2v) is 9.28. The third kappa shape index (κ3) is 4.96. The average molecular weight is 481 g/mol. The van der Waals surface area contributed by atoms with Crippen molar-refractivity contribution in [3.8, 4) is 11.5 Å². The molecule has 176 valence electrons. The number of likely N-dealkylation sites (N-methyl/N-ethyl adjacent to an activating group) is 1. The minimum absolute atomic E-state index is 0.129. The number of nitrogens with one attached hydrogen (secondary N) is 3. The molecule has 0 atom stereocenters. The molecule has 0 radical (unpaired) electrons. The number of amides is 1. The molecule has 4 rings (SSSR count). The van der Waals surface area contributed by atoms with E-state index in [1.807, 2.05) is 36.4 Å². The molecule has 0 saturated heterocycles. The van der Waals surface area contributed by atoms with Gasteiger partial charge in [-0.1, -0.05) is 30.3 Å². The highest BCUT2D eigenvalue weighted by atomic mass is 32.2. The summed E-state index contributed by atoms with van der Waals surface area (Å²) in [6.45, 7) is -0.129. The number of anilines is 3. The van der Waals surface area contributed by atoms with Gasteiger partial charge in [0, 0.05) is 23.9 Å². The molecule has 0 unspecified atom stereocenters. The van der Waals surface area contributed by atoms with Crippen LogP contribution in [0.15, 0.2) is 60.7 Å². The van der Waals surface area contributed by atoms with E-state index >= 15 is 0 Å². The summed E-state index contributed by atoms with van der Waals surface area (Å²) in [6.07, 6.45) is 1.09. The number of ether oxygens (including phenoxy) is 2. The Bertz CT molecular complexity index is 1490. The summed E-state index contributed by atoms with van der Waals surface area (Å²) in [5, 5.41) is 7.62. The normalized spacial score (nSPS) is 11.3. The number of hydrogen-bond acceptors (Lipinski definition) is 7. The number of nitrogens with zero attached hydrogens (tertiary/aromatic N) is 1. The highest BCUT2D eigenvalue weighted by Crippen LogP contribution is 2.39. The maximum Gasteiger partial charge on any atom is 0.257 e. The molecule has 3 N–H and O–H groups in total. The monoisotopic (exact) mass is 480 g/mol. The fraction of sp³-hybridized carbons (Fsp3) is 0.167. The number of methoxy groups -OCH3 is 1. The van der Waals surface area contributed by atoms with Crippen LogP contribution in [0.3, 0.4) is 0 Å². The standard InChI is InChI=1S/C24H24N4O5S/c1-25-22(29)14-33-20-10-6-8-17-23(16-7-4-5-9-18(16)26-24(17)20)27-19-12-11-15(13-21(19)32-2)28-34(3,30)31/h4-13,28H,14H2,1-3H3,(H,25,29)(H,26,27). The largest absolute Gasteiger partial charge is 0.494 e. The molecular formula is C24H24N4O5S. The van der Waals surface area contributed by atoms with Gasteiger partial charge in [0.15, 0.2) is 6.61 Å². The molecule has 0 aliphatic carbocycles. The third-order valence-corrected chi connectivity index (χ3v) is 5.68. The highest BCUT2D eigenvalue weighted by Gasteiger charge is 2.16. The minimum Gasteiger partial charge on any atom is -0.494 e. The Hall–Kier alpha value is -4.05. The predicted molar refractivity (Wildman–Crippen MR) is 134 cm³/mol. The minimum atomic E-state index is -3.43. The first-order valence-electron chi connectivity index (χ1n) is 10.4. The molecule has 34 heavy (non-hydrogen) atoms. The summed E-state index contributed by atoms with van der Waals surface area (Å²) < 4.78 is 36.9. The molecule has 0 saturated carbocycles. The van der Waals surface area contributed by atoms with Gasteiger partial charge in [0.2, 0.25) is 10.0 Å². The lowest BCUT2D eigenvalue weighted by Crippen LogP contribution is -2.24. The first-order chi connectivity index (χ1) is 16.3. The molecule has 1 heterocycles. The highest BCUT2D eigenvalue weighted by molar-refractivity contribution is 7.92. The van der Waals surface area contributed by atoms with Crippen molar-refractivity contribution in [1.29, 1.82) is 0 Å². The number of fused-ring (bicyclic) bond motifs is 2. The van der Waals surface area contributed by atoms with Crippen LogP contribution in [0, 0.1) is 0 Å². The molecule has 4 aromatic rings. The fourth-order valence-corrected chi connectivity index (χ4v) is 4.12. The van der Waals surface area contributed by atoms with Gasteiger partial charge in [-0.05, 0) is 24.3 Å². The van der Waals surface area contributed by atoms with Gasteiger partial charge in [0.25, 0.3) is 5.91 Å². The Kier molecular flexibility index (Phi) is 6.42. The van der Waals surface area contributed by atoms with Crippen LogP contribution in [0.2, 0.25) is 0 Å². The van der Waals surface area contributed by atoms with Crippen LogP contribution < -0.4 is 24.8 Å². The van der Waals surface area contributed by atoms with E-state index in [9.17, 15) is 13.2 Å². The van der Waals surface area contributed by atoms with E-state index in [-0.39, 0.29) is 12.5 Å². The summed E-state index contributed by atoms with van der Waals surface area (Å²) >= 11 is 0. The lowest BCUT2D eigenvalue weighted by Gasteiger charge is -2.17. The van der Waals surface area contributed by atoms with Gasteiger partial charge in [-0.2, -0.15) is 0 Å². The smallest absolute Gasteiger partial charge is 0.257 e. The second kappa shape index (κ2) is 9.44. The number of carbonyl (C=O) groups excluding carboxylic acids is 1. The molecule has 1 aromatic heterocycles. The van der Waals surface area contributed by atoms with E-state index < -0.39 is 10.0 Å². The van der Waals surface area contributed by atoms with Crippen LogP contribution in [-0.4, -0.2) is 46.3 Å². The molecule has 0 aliphatic rings. The van der Waals surface area contributed by atoms with Gasteiger partial charge < -0.3 is 20.1 Å². The third-order valence-electron chi connectivity index (χ3n) is 5.08. The lowest BCUT2D eigenvalue weighted by atomic mass is 10.1. The first kappa shape index (κ1) is 23.1. The van der Waals surface area contributed by atoms with Crippen LogP contribution >= 0.6 is 0 Å². The summed E-state index contributed by atoms with van der Waals surface area (Å²) in [5.41, 5.74) is 3.13. The average Bonchev–Trinajstić information content (AvgIpc) is 2.82. The molecule has 0 bridgehead atoms. The number of benzene rings is 3. The van der Waals surface area contributed by atoms with Crippen LogP contribution in [0.4, 0.5) is 17.1 Å². The molecule has 9 nitrogen and oxygen atoms in total. The number of rotatable bonds is 8. The number of aromatic nitrogens is 1. The van der Waals surface area contributed by atoms with Crippen molar-refractivity contribution < 1.29 is 22.7 Å². The Morgan fingerprint density at radius 3 is 2.50 bits per heavy atom. The van der Waals surface area contributed by atoms with Crippen molar-refractivity contribution in [3.63, 3.8) is 0 Å². The summed E-state index contributed by atoms with van der Waals surface area (Å²) in [5.74, 6) is 0.688. The van der Waals surface area contributed by atoms with Gasteiger partial charge in [-0.3, -0.25) is 9.52 Å². The van der Waals surface area contributed by atoms with Crippen molar-refractivity contribution in [3.05, 3.63) is 60.7 Å². The summed E-state index contributed by atoms with van der Waals surface area (Å²) in [4.78, 5) is 16.5. The second-order valence-electron chi connectivity index (χ2n) is 7.53. The first-order valence-corrected chi connectivity index (χ1v) is 12.3. The number of sulfonamides is 1. The van der Waals surface area contributed by atoms with Crippen LogP contribution in [0.25, 0.3) is 21.8 Å². The van der Waals surface area contributed by atoms with Gasteiger partial charge in [-0.15, -0.1) is 0 Å². The van der Waals surface area contributed by atoms with E-state index in [4.69, 9.17) is 14.5 Å². The molecule has 1 amide bonds. The number of carbonyl (C=O) groups is 1. The van der Waals surface area contributed by atoms with Crippen molar-refractivity contribution in [2.45, 2.75) is 0 Å². The number of hydrogen-bond donors (Lipinski definition) is 3. The van der Waals surface area contributed by atoms with Gasteiger partial charge in [0.05, 0.1) is 35.9 Å². The Morgan fingerprint density at radius 1 is 1.00 bits per heavy atom. The van der Waals surface area contributed by atoms with Crippen molar-refractivity contribution >= 4 is 54.8 Å². The Labute approximate surface area is 197 Å². The van der Waals surface area contributed by atoms with Crippen LogP contribution in [0.1, 0.15) is 0 Å². The van der Waals surface area contributed by atoms with Gasteiger partial charge in [-0.25, -0.2) is 13.4 Å². The van der Waals surface area contributed by atoms with Crippen LogP contribution in [-0.2, 0) is 14.8 Å². The van der Waals surface area contributed by atoms with Crippen molar-refractivity contribution in [2.24, 2.45) is 0 Å². The SMILES string of the molecule is CNC(=O)COc1cccc2c(Nc3ccc(NS(C)(=O)=O)cc3OC)c3ccccc3nc12. The van der Waals surface area contributed by atoms with E-state index in [1.165, 1.54) is 7.11 Å². The van der Waals surface area contributed by atoms with Crippen molar-refractivity contribution in [1.82, 2.24) is 10.3 Å². The van der Waals surface area contributed by atoms with E-state index in [0.717, 1.165) is 28.2 Å². The molecule has 0 fully saturated rings. The molecule has 10 heteroatoms. The Balaban J connectivity index is 1.84. The zero-order valence-electron chi connectivity index (χ0n) is 18.9. The summed E-state index contributed by atoms with van der Waals surface area (Å²) in [6, 6.07) is 18.2.